The SMILES string of the molecule is CCC[CH2][Sn]([CH2]CCC)([O]c1ccccc1O)[O]c1ccccc1O. The Kier molecular flexibility index (Phi) is 7.75. The van der Waals surface area contributed by atoms with Crippen molar-refractivity contribution < 1.29 is 16.4 Å². The van der Waals surface area contributed by atoms with Gasteiger partial charge in [-0.3, -0.25) is 0 Å². The molecule has 0 bridgehead atoms. The minimum atomic E-state index is -3.61. The van der Waals surface area contributed by atoms with E-state index in [1.54, 1.807) is 36.4 Å². The second-order valence-corrected chi connectivity index (χ2v) is 15.5. The predicted octanol–water partition coefficient (Wildman–Crippen LogP) is 5.60. The van der Waals surface area contributed by atoms with E-state index in [0.717, 1.165) is 34.6 Å². The van der Waals surface area contributed by atoms with Gasteiger partial charge in [-0.25, -0.2) is 0 Å². The number of aromatic hydroxyl groups is 2. The maximum absolute atomic E-state index is 10.1. The molecule has 2 rings (SSSR count). The Morgan fingerprint density at radius 1 is 0.720 bits per heavy atom. The molecular weight excluding hydrogens is 423 g/mol. The number of para-hydroxylation sites is 4. The number of phenols is 2. The van der Waals surface area contributed by atoms with Crippen LogP contribution in [0.4, 0.5) is 0 Å². The molecule has 0 spiro atoms. The summed E-state index contributed by atoms with van der Waals surface area (Å²) in [5.74, 6) is 1.25. The van der Waals surface area contributed by atoms with Crippen molar-refractivity contribution in [3.63, 3.8) is 0 Å². The molecule has 25 heavy (non-hydrogen) atoms. The Bertz CT molecular complexity index is 602. The molecule has 0 saturated heterocycles. The summed E-state index contributed by atoms with van der Waals surface area (Å²) < 4.78 is 14.6. The van der Waals surface area contributed by atoms with Gasteiger partial charge < -0.3 is 0 Å². The number of hydrogen-bond donors (Lipinski definition) is 2. The Morgan fingerprint density at radius 3 is 1.48 bits per heavy atom. The molecule has 0 fully saturated rings. The van der Waals surface area contributed by atoms with Gasteiger partial charge in [0.15, 0.2) is 0 Å². The van der Waals surface area contributed by atoms with E-state index >= 15 is 0 Å². The standard InChI is InChI=1S/2C6H6O2.2C4H9.Sn/c2*7-5-3-1-2-4-6(5)8;2*1-3-4-2;/h2*1-4,7-8H;2*1,3-4H2,2H3;/q;;;;+2/p-2. The zero-order valence-electron chi connectivity index (χ0n) is 15.1. The van der Waals surface area contributed by atoms with Crippen molar-refractivity contribution in [2.45, 2.75) is 48.4 Å². The zero-order valence-corrected chi connectivity index (χ0v) is 17.9. The van der Waals surface area contributed by atoms with E-state index < -0.39 is 19.2 Å². The van der Waals surface area contributed by atoms with Crippen molar-refractivity contribution in [3.05, 3.63) is 48.5 Å². The Hall–Kier alpha value is -1.56. The van der Waals surface area contributed by atoms with Crippen molar-refractivity contribution in [3.8, 4) is 23.0 Å². The fourth-order valence-corrected chi connectivity index (χ4v) is 13.1. The van der Waals surface area contributed by atoms with Crippen LogP contribution in [0.3, 0.4) is 0 Å². The van der Waals surface area contributed by atoms with Crippen LogP contribution < -0.4 is 6.15 Å². The molecule has 0 heterocycles. The van der Waals surface area contributed by atoms with Gasteiger partial charge in [-0.05, 0) is 0 Å². The Labute approximate surface area is 155 Å². The van der Waals surface area contributed by atoms with Crippen LogP contribution in [-0.2, 0) is 0 Å². The summed E-state index contributed by atoms with van der Waals surface area (Å²) >= 11 is -3.61. The van der Waals surface area contributed by atoms with Crippen molar-refractivity contribution in [1.29, 1.82) is 0 Å². The van der Waals surface area contributed by atoms with Crippen LogP contribution in [0.25, 0.3) is 0 Å². The summed E-state index contributed by atoms with van der Waals surface area (Å²) in [5, 5.41) is 20.3. The fraction of sp³-hybridized carbons (Fsp3) is 0.400. The van der Waals surface area contributed by atoms with Gasteiger partial charge in [-0.1, -0.05) is 0 Å². The molecular formula is C20H28O4Sn. The molecule has 0 aromatic heterocycles. The number of hydrogen-bond acceptors (Lipinski definition) is 4. The van der Waals surface area contributed by atoms with E-state index in [1.807, 2.05) is 12.1 Å². The number of rotatable bonds is 10. The first-order valence-corrected chi connectivity index (χ1v) is 15.4. The van der Waals surface area contributed by atoms with Crippen LogP contribution >= 0.6 is 0 Å². The minimum absolute atomic E-state index is 0.137. The third-order valence-electron chi connectivity index (χ3n) is 4.14. The van der Waals surface area contributed by atoms with Crippen LogP contribution in [0.15, 0.2) is 48.5 Å². The molecule has 136 valence electrons. The van der Waals surface area contributed by atoms with Crippen molar-refractivity contribution in [2.24, 2.45) is 0 Å². The van der Waals surface area contributed by atoms with Gasteiger partial charge in [0.1, 0.15) is 0 Å². The van der Waals surface area contributed by atoms with Crippen LogP contribution in [-0.4, -0.2) is 29.4 Å². The van der Waals surface area contributed by atoms with E-state index in [1.165, 1.54) is 0 Å². The first-order chi connectivity index (χ1) is 12.1. The van der Waals surface area contributed by atoms with Crippen LogP contribution in [0.2, 0.25) is 8.87 Å². The third-order valence-corrected chi connectivity index (χ3v) is 13.9. The number of unbranched alkanes of at least 4 members (excludes halogenated alkanes) is 2. The molecule has 0 amide bonds. The molecule has 2 aromatic rings. The second kappa shape index (κ2) is 9.80. The molecule has 4 nitrogen and oxygen atoms in total. The average molecular weight is 451 g/mol. The fourth-order valence-electron chi connectivity index (χ4n) is 2.73. The Morgan fingerprint density at radius 2 is 1.12 bits per heavy atom. The average Bonchev–Trinajstić information content (AvgIpc) is 2.62. The molecule has 0 aliphatic rings. The molecule has 5 heteroatoms. The van der Waals surface area contributed by atoms with Crippen molar-refractivity contribution >= 4 is 19.2 Å². The van der Waals surface area contributed by atoms with E-state index in [-0.39, 0.29) is 11.5 Å². The first-order valence-electron chi connectivity index (χ1n) is 9.04. The quantitative estimate of drug-likeness (QED) is 0.462. The van der Waals surface area contributed by atoms with Gasteiger partial charge in [0.2, 0.25) is 0 Å². The van der Waals surface area contributed by atoms with E-state index in [0.29, 0.717) is 11.5 Å². The Balaban J connectivity index is 2.35. The van der Waals surface area contributed by atoms with Crippen molar-refractivity contribution in [1.82, 2.24) is 0 Å². The van der Waals surface area contributed by atoms with Gasteiger partial charge >= 0.3 is 155 Å². The monoisotopic (exact) mass is 452 g/mol. The van der Waals surface area contributed by atoms with Gasteiger partial charge in [0.25, 0.3) is 0 Å². The molecule has 0 aliphatic heterocycles. The number of phenolic OH excluding ortho intramolecular Hbond substituents is 2. The van der Waals surface area contributed by atoms with Gasteiger partial charge in [-0.2, -0.15) is 0 Å². The molecule has 0 unspecified atom stereocenters. The first kappa shape index (κ1) is 19.8. The summed E-state index contributed by atoms with van der Waals surface area (Å²) in [4.78, 5) is 0. The molecule has 0 aliphatic carbocycles. The van der Waals surface area contributed by atoms with Crippen molar-refractivity contribution in [2.75, 3.05) is 0 Å². The summed E-state index contributed by atoms with van der Waals surface area (Å²) in [6.45, 7) is 4.30. The van der Waals surface area contributed by atoms with Crippen LogP contribution in [0.5, 0.6) is 23.0 Å². The van der Waals surface area contributed by atoms with Gasteiger partial charge in [0.05, 0.1) is 0 Å². The summed E-state index contributed by atoms with van der Waals surface area (Å²) in [6.07, 6.45) is 4.14. The van der Waals surface area contributed by atoms with E-state index in [4.69, 9.17) is 6.15 Å². The maximum atomic E-state index is 10.1. The molecule has 0 atom stereocenters. The zero-order chi connectivity index (χ0) is 18.1. The van der Waals surface area contributed by atoms with Gasteiger partial charge in [-0.15, -0.1) is 0 Å². The second-order valence-electron chi connectivity index (χ2n) is 6.26. The topological polar surface area (TPSA) is 58.9 Å². The predicted molar refractivity (Wildman–Crippen MR) is 103 cm³/mol. The third kappa shape index (κ3) is 5.73. The van der Waals surface area contributed by atoms with E-state index in [9.17, 15) is 10.2 Å². The number of benzene rings is 2. The summed E-state index contributed by atoms with van der Waals surface area (Å²) in [5.41, 5.74) is 0. The summed E-state index contributed by atoms with van der Waals surface area (Å²) in [7, 11) is 0. The van der Waals surface area contributed by atoms with E-state index in [2.05, 4.69) is 13.8 Å². The molecule has 2 N–H and O–H groups in total. The molecule has 0 radical (unpaired) electrons. The van der Waals surface area contributed by atoms with Crippen LogP contribution in [0, 0.1) is 0 Å². The van der Waals surface area contributed by atoms with Gasteiger partial charge in [0, 0.05) is 0 Å². The molecule has 2 aromatic carbocycles. The molecule has 0 saturated carbocycles. The van der Waals surface area contributed by atoms with Crippen LogP contribution in [0.1, 0.15) is 39.5 Å². The normalized spacial score (nSPS) is 11.3. The summed E-state index contributed by atoms with van der Waals surface area (Å²) in [6, 6.07) is 14.1.